The summed E-state index contributed by atoms with van der Waals surface area (Å²) >= 11 is 0. The number of nitrogens with zero attached hydrogens (tertiary/aromatic N) is 1. The van der Waals surface area contributed by atoms with E-state index in [4.69, 9.17) is 15.4 Å². The van der Waals surface area contributed by atoms with Crippen molar-refractivity contribution < 1.29 is 14.4 Å². The SMILES string of the molecule is NC(=O)N(O)CC=Cc1ccco1. The Bertz CT molecular complexity index is 292. The van der Waals surface area contributed by atoms with Crippen LogP contribution in [-0.4, -0.2) is 22.8 Å². The Balaban J connectivity index is 2.38. The minimum atomic E-state index is -0.885. The molecule has 1 aromatic rings. The molecule has 0 aromatic carbocycles. The summed E-state index contributed by atoms with van der Waals surface area (Å²) in [7, 11) is 0. The van der Waals surface area contributed by atoms with Gasteiger partial charge in [0.05, 0.1) is 12.8 Å². The summed E-state index contributed by atoms with van der Waals surface area (Å²) in [6.45, 7) is 0.0377. The van der Waals surface area contributed by atoms with Crippen LogP contribution in [0.5, 0.6) is 0 Å². The molecule has 0 atom stereocenters. The number of hydrogen-bond donors (Lipinski definition) is 2. The fourth-order valence-corrected chi connectivity index (χ4v) is 0.745. The summed E-state index contributed by atoms with van der Waals surface area (Å²) in [5.41, 5.74) is 4.78. The highest BCUT2D eigenvalue weighted by atomic mass is 16.5. The van der Waals surface area contributed by atoms with E-state index in [9.17, 15) is 4.79 Å². The maximum absolute atomic E-state index is 10.3. The van der Waals surface area contributed by atoms with E-state index in [0.717, 1.165) is 0 Å². The minimum absolute atomic E-state index is 0.0377. The van der Waals surface area contributed by atoms with Crippen LogP contribution in [0.15, 0.2) is 28.9 Å². The molecule has 0 aliphatic rings. The van der Waals surface area contributed by atoms with Gasteiger partial charge in [0, 0.05) is 0 Å². The highest BCUT2D eigenvalue weighted by Crippen LogP contribution is 2.01. The molecule has 70 valence electrons. The maximum atomic E-state index is 10.3. The first-order valence-electron chi connectivity index (χ1n) is 3.66. The van der Waals surface area contributed by atoms with Crippen molar-refractivity contribution in [3.63, 3.8) is 0 Å². The summed E-state index contributed by atoms with van der Waals surface area (Å²) in [5, 5.41) is 9.23. The average Bonchev–Trinajstić information content (AvgIpc) is 2.56. The number of rotatable bonds is 3. The lowest BCUT2D eigenvalue weighted by atomic mass is 10.4. The highest BCUT2D eigenvalue weighted by molar-refractivity contribution is 5.70. The van der Waals surface area contributed by atoms with Gasteiger partial charge in [-0.1, -0.05) is 6.08 Å². The summed E-state index contributed by atoms with van der Waals surface area (Å²) in [6.07, 6.45) is 4.72. The van der Waals surface area contributed by atoms with Gasteiger partial charge in [0.2, 0.25) is 0 Å². The van der Waals surface area contributed by atoms with Gasteiger partial charge in [-0.2, -0.15) is 0 Å². The first kappa shape index (κ1) is 9.34. The van der Waals surface area contributed by atoms with Gasteiger partial charge in [-0.15, -0.1) is 0 Å². The third-order valence-electron chi connectivity index (χ3n) is 1.36. The van der Waals surface area contributed by atoms with E-state index in [0.29, 0.717) is 10.8 Å². The maximum Gasteiger partial charge on any atom is 0.338 e. The number of carbonyl (C=O) groups excluding carboxylic acids is 1. The predicted octanol–water partition coefficient (Wildman–Crippen LogP) is 1.06. The standard InChI is InChI=1S/C8H10N2O3/c9-8(11)10(12)5-1-3-7-4-2-6-13-7/h1-4,6,12H,5H2,(H2,9,11). The van der Waals surface area contributed by atoms with Gasteiger partial charge in [0.1, 0.15) is 5.76 Å². The Labute approximate surface area is 75.0 Å². The van der Waals surface area contributed by atoms with Gasteiger partial charge in [-0.05, 0) is 18.2 Å². The van der Waals surface area contributed by atoms with Crippen LogP contribution in [0.2, 0.25) is 0 Å². The zero-order valence-electron chi connectivity index (χ0n) is 6.88. The molecule has 0 saturated carbocycles. The van der Waals surface area contributed by atoms with Crippen molar-refractivity contribution in [2.24, 2.45) is 5.73 Å². The largest absolute Gasteiger partial charge is 0.465 e. The summed E-state index contributed by atoms with van der Waals surface area (Å²) in [5.74, 6) is 0.651. The Morgan fingerprint density at radius 1 is 1.77 bits per heavy atom. The number of amides is 2. The molecule has 2 amide bonds. The molecule has 0 aliphatic heterocycles. The molecule has 0 aliphatic carbocycles. The van der Waals surface area contributed by atoms with Crippen LogP contribution in [0.4, 0.5) is 4.79 Å². The molecule has 0 bridgehead atoms. The van der Waals surface area contributed by atoms with Crippen molar-refractivity contribution in [1.29, 1.82) is 0 Å². The molecule has 3 N–H and O–H groups in total. The van der Waals surface area contributed by atoms with Crippen molar-refractivity contribution in [3.8, 4) is 0 Å². The fraction of sp³-hybridized carbons (Fsp3) is 0.125. The number of primary amides is 1. The second-order valence-corrected chi connectivity index (χ2v) is 2.34. The number of nitrogens with two attached hydrogens (primary N) is 1. The number of hydrogen-bond acceptors (Lipinski definition) is 3. The van der Waals surface area contributed by atoms with Crippen molar-refractivity contribution in [1.82, 2.24) is 5.06 Å². The smallest absolute Gasteiger partial charge is 0.338 e. The van der Waals surface area contributed by atoms with E-state index in [1.165, 1.54) is 6.26 Å². The molecule has 1 aromatic heterocycles. The first-order chi connectivity index (χ1) is 6.20. The number of hydroxylamine groups is 2. The van der Waals surface area contributed by atoms with Crippen LogP contribution in [0.3, 0.4) is 0 Å². The lowest BCUT2D eigenvalue weighted by Gasteiger charge is -2.07. The van der Waals surface area contributed by atoms with Gasteiger partial charge in [-0.25, -0.2) is 9.86 Å². The predicted molar refractivity (Wildman–Crippen MR) is 45.8 cm³/mol. The summed E-state index contributed by atoms with van der Waals surface area (Å²) in [6, 6.07) is 2.61. The molecule has 0 spiro atoms. The van der Waals surface area contributed by atoms with Crippen molar-refractivity contribution in [2.45, 2.75) is 0 Å². The van der Waals surface area contributed by atoms with Crippen LogP contribution < -0.4 is 5.73 Å². The van der Waals surface area contributed by atoms with Crippen LogP contribution in [0.25, 0.3) is 6.08 Å². The Morgan fingerprint density at radius 3 is 3.08 bits per heavy atom. The lowest BCUT2D eigenvalue weighted by Crippen LogP contribution is -2.32. The highest BCUT2D eigenvalue weighted by Gasteiger charge is 2.00. The van der Waals surface area contributed by atoms with Crippen LogP contribution in [-0.2, 0) is 0 Å². The van der Waals surface area contributed by atoms with Gasteiger partial charge in [0.15, 0.2) is 0 Å². The molecule has 13 heavy (non-hydrogen) atoms. The monoisotopic (exact) mass is 182 g/mol. The second-order valence-electron chi connectivity index (χ2n) is 2.34. The molecule has 5 heteroatoms. The zero-order chi connectivity index (χ0) is 9.68. The van der Waals surface area contributed by atoms with Crippen molar-refractivity contribution in [3.05, 3.63) is 30.2 Å². The first-order valence-corrected chi connectivity index (χ1v) is 3.66. The van der Waals surface area contributed by atoms with Crippen LogP contribution >= 0.6 is 0 Å². The average molecular weight is 182 g/mol. The van der Waals surface area contributed by atoms with Crippen molar-refractivity contribution in [2.75, 3.05) is 6.54 Å². The second kappa shape index (κ2) is 4.32. The van der Waals surface area contributed by atoms with Crippen LogP contribution in [0.1, 0.15) is 5.76 Å². The Kier molecular flexibility index (Phi) is 3.10. The quantitative estimate of drug-likeness (QED) is 0.541. The van der Waals surface area contributed by atoms with E-state index in [-0.39, 0.29) is 6.54 Å². The third-order valence-corrected chi connectivity index (χ3v) is 1.36. The summed E-state index contributed by atoms with van der Waals surface area (Å²) in [4.78, 5) is 10.3. The van der Waals surface area contributed by atoms with Gasteiger partial charge >= 0.3 is 6.03 Å². The lowest BCUT2D eigenvalue weighted by molar-refractivity contribution is -0.0286. The fourth-order valence-electron chi connectivity index (χ4n) is 0.745. The zero-order valence-corrected chi connectivity index (χ0v) is 6.88. The Hall–Kier alpha value is -1.75. The van der Waals surface area contributed by atoms with E-state index in [1.807, 2.05) is 0 Å². The number of furan rings is 1. The van der Waals surface area contributed by atoms with Crippen LogP contribution in [0, 0.1) is 0 Å². The third kappa shape index (κ3) is 3.00. The van der Waals surface area contributed by atoms with Crippen molar-refractivity contribution >= 4 is 12.1 Å². The van der Waals surface area contributed by atoms with E-state index >= 15 is 0 Å². The number of carbonyl (C=O) groups is 1. The Morgan fingerprint density at radius 2 is 2.54 bits per heavy atom. The molecule has 0 saturated heterocycles. The molecule has 0 unspecified atom stereocenters. The van der Waals surface area contributed by atoms with E-state index in [1.54, 1.807) is 24.3 Å². The number of urea groups is 1. The molecule has 5 nitrogen and oxygen atoms in total. The molecular formula is C8H10N2O3. The van der Waals surface area contributed by atoms with E-state index in [2.05, 4.69) is 0 Å². The normalized spacial score (nSPS) is 10.5. The molecule has 1 rings (SSSR count). The molecule has 1 heterocycles. The van der Waals surface area contributed by atoms with Gasteiger partial charge in [-0.3, -0.25) is 5.21 Å². The van der Waals surface area contributed by atoms with E-state index < -0.39 is 6.03 Å². The molecular weight excluding hydrogens is 172 g/mol. The molecule has 0 radical (unpaired) electrons. The molecule has 0 fully saturated rings. The minimum Gasteiger partial charge on any atom is -0.465 e. The summed E-state index contributed by atoms with van der Waals surface area (Å²) < 4.78 is 4.97. The topological polar surface area (TPSA) is 79.7 Å². The van der Waals surface area contributed by atoms with Gasteiger partial charge < -0.3 is 10.2 Å². The van der Waals surface area contributed by atoms with Gasteiger partial charge in [0.25, 0.3) is 0 Å².